The second kappa shape index (κ2) is 60.5. The number of allylic oxidation sites excluding steroid dienone is 4. The Kier molecular flexibility index (Phi) is 58.8. The van der Waals surface area contributed by atoms with E-state index in [1.165, 1.54) is 109 Å². The van der Waals surface area contributed by atoms with Gasteiger partial charge in [0.25, 0.3) is 0 Å². The fraction of sp³-hybridized carbons (Fsp3) is 0.886. The van der Waals surface area contributed by atoms with Crippen LogP contribution in [-0.2, 0) is 65.4 Å². The van der Waals surface area contributed by atoms with Crippen LogP contribution in [0.1, 0.15) is 325 Å². The smallest absolute Gasteiger partial charge is 0.462 e. The quantitative estimate of drug-likeness (QED) is 0.0169. The van der Waals surface area contributed by atoms with Gasteiger partial charge in [-0.05, 0) is 69.1 Å². The molecule has 89 heavy (non-hydrogen) atoms. The van der Waals surface area contributed by atoms with Crippen LogP contribution in [0, 0.1) is 17.8 Å². The maximum absolute atomic E-state index is 13.0. The Hall–Kier alpha value is -2.46. The van der Waals surface area contributed by atoms with Crippen LogP contribution in [0.25, 0.3) is 0 Å². The molecule has 0 aliphatic rings. The van der Waals surface area contributed by atoms with E-state index in [1.807, 2.05) is 0 Å². The number of ether oxygens (including phenoxy) is 4. The van der Waals surface area contributed by atoms with Crippen molar-refractivity contribution < 1.29 is 80.2 Å². The number of carbonyl (C=O) groups excluding carboxylic acids is 4. The monoisotopic (exact) mass is 1310 g/mol. The van der Waals surface area contributed by atoms with Gasteiger partial charge >= 0.3 is 39.5 Å². The van der Waals surface area contributed by atoms with Gasteiger partial charge < -0.3 is 33.8 Å². The van der Waals surface area contributed by atoms with Crippen molar-refractivity contribution in [2.45, 2.75) is 343 Å². The third-order valence-electron chi connectivity index (χ3n) is 15.9. The summed E-state index contributed by atoms with van der Waals surface area (Å²) in [6.45, 7) is 11.7. The summed E-state index contributed by atoms with van der Waals surface area (Å²) in [5.74, 6) is 0.0236. The Labute approximate surface area is 542 Å². The molecule has 0 rings (SSSR count). The number of unbranched alkanes of at least 4 members (excludes halogenated alkanes) is 30. The molecule has 0 radical (unpaired) electrons. The van der Waals surface area contributed by atoms with Crippen LogP contribution in [0.15, 0.2) is 24.3 Å². The molecule has 19 heteroatoms. The van der Waals surface area contributed by atoms with Crippen LogP contribution in [0.5, 0.6) is 0 Å². The number of rotatable bonds is 66. The van der Waals surface area contributed by atoms with Crippen LogP contribution in [0.2, 0.25) is 0 Å². The maximum Gasteiger partial charge on any atom is 0.472 e. The highest BCUT2D eigenvalue weighted by atomic mass is 31.2. The highest BCUT2D eigenvalue weighted by Crippen LogP contribution is 2.45. The number of esters is 4. The van der Waals surface area contributed by atoms with Gasteiger partial charge in [0, 0.05) is 25.7 Å². The van der Waals surface area contributed by atoms with Gasteiger partial charge in [0.15, 0.2) is 12.2 Å². The zero-order valence-electron chi connectivity index (χ0n) is 57.4. The lowest BCUT2D eigenvalue weighted by atomic mass is 10.00. The van der Waals surface area contributed by atoms with E-state index in [0.29, 0.717) is 31.6 Å². The van der Waals surface area contributed by atoms with Gasteiger partial charge in [-0.15, -0.1) is 0 Å². The number of aliphatic hydroxyl groups is 1. The molecule has 0 aromatic carbocycles. The average molecular weight is 1310 g/mol. The van der Waals surface area contributed by atoms with E-state index < -0.39 is 97.5 Å². The molecule has 6 atom stereocenters. The van der Waals surface area contributed by atoms with E-state index in [9.17, 15) is 43.2 Å². The minimum absolute atomic E-state index is 0.0989. The summed E-state index contributed by atoms with van der Waals surface area (Å²) in [4.78, 5) is 72.5. The molecule has 0 heterocycles. The van der Waals surface area contributed by atoms with E-state index >= 15 is 0 Å². The van der Waals surface area contributed by atoms with Crippen LogP contribution in [0.4, 0.5) is 0 Å². The predicted octanol–water partition coefficient (Wildman–Crippen LogP) is 19.4. The highest BCUT2D eigenvalue weighted by Gasteiger charge is 2.30. The summed E-state index contributed by atoms with van der Waals surface area (Å²) in [6, 6.07) is 0. The zero-order chi connectivity index (χ0) is 65.9. The van der Waals surface area contributed by atoms with E-state index in [0.717, 1.165) is 127 Å². The molecule has 0 saturated heterocycles. The molecule has 0 saturated carbocycles. The van der Waals surface area contributed by atoms with Crippen LogP contribution < -0.4 is 0 Å². The fourth-order valence-electron chi connectivity index (χ4n) is 9.97. The zero-order valence-corrected chi connectivity index (χ0v) is 59.2. The normalized spacial score (nSPS) is 14.7. The standard InChI is InChI=1S/C70H132O17P2/c1-8-10-11-12-13-14-15-16-17-18-21-24-29-37-44-51-67(72)80-57-65(86-69(74)53-46-39-30-25-22-19-20-23-27-34-41-48-61(3)4)59-84-88(76,77)82-55-64(71)56-83-89(78,79)85-60-66(87-70(75)54-47-40-33-32-36-43-50-63(7)9-2)58-81-68(73)52-45-38-31-26-28-35-42-49-62(5)6/h14-17,61-66,71H,8-13,18-60H2,1-7H3,(H,76,77)(H,78,79)/b15-14-,17-16-/t63?,64?,65-,66-/m1/s1. The molecule has 3 N–H and O–H groups in total. The van der Waals surface area contributed by atoms with E-state index in [2.05, 4.69) is 72.8 Å². The van der Waals surface area contributed by atoms with Crippen LogP contribution in [0.3, 0.4) is 0 Å². The molecule has 524 valence electrons. The Morgan fingerprint density at radius 3 is 1.00 bits per heavy atom. The Balaban J connectivity index is 5.29. The third-order valence-corrected chi connectivity index (χ3v) is 17.8. The van der Waals surface area contributed by atoms with Crippen LogP contribution in [-0.4, -0.2) is 96.7 Å². The molecular weight excluding hydrogens is 1170 g/mol. The number of phosphoric ester groups is 2. The van der Waals surface area contributed by atoms with Gasteiger partial charge in [-0.25, -0.2) is 9.13 Å². The molecular formula is C70H132O17P2. The lowest BCUT2D eigenvalue weighted by molar-refractivity contribution is -0.161. The molecule has 0 aromatic heterocycles. The minimum Gasteiger partial charge on any atom is -0.462 e. The highest BCUT2D eigenvalue weighted by molar-refractivity contribution is 7.47. The molecule has 0 aliphatic carbocycles. The summed E-state index contributed by atoms with van der Waals surface area (Å²) in [7, 11) is -9.91. The lowest BCUT2D eigenvalue weighted by Crippen LogP contribution is -2.30. The average Bonchev–Trinajstić information content (AvgIpc) is 3.69. The van der Waals surface area contributed by atoms with Crippen molar-refractivity contribution in [2.24, 2.45) is 17.8 Å². The number of carbonyl (C=O) groups is 4. The number of hydrogen-bond donors (Lipinski definition) is 3. The molecule has 17 nitrogen and oxygen atoms in total. The van der Waals surface area contributed by atoms with Crippen molar-refractivity contribution in [3.8, 4) is 0 Å². The van der Waals surface area contributed by atoms with Crippen molar-refractivity contribution in [3.63, 3.8) is 0 Å². The summed E-state index contributed by atoms with van der Waals surface area (Å²) in [5.41, 5.74) is 0. The fourth-order valence-corrected chi connectivity index (χ4v) is 11.5. The summed E-state index contributed by atoms with van der Waals surface area (Å²) in [6.07, 6.45) is 46.8. The molecule has 0 bridgehead atoms. The van der Waals surface area contributed by atoms with Crippen molar-refractivity contribution in [3.05, 3.63) is 24.3 Å². The second-order valence-corrected chi connectivity index (χ2v) is 28.7. The Morgan fingerprint density at radius 2 is 0.663 bits per heavy atom. The number of aliphatic hydroxyl groups excluding tert-OH is 1. The third kappa shape index (κ3) is 62.7. The first-order valence-corrected chi connectivity index (χ1v) is 38.7. The first kappa shape index (κ1) is 86.5. The van der Waals surface area contributed by atoms with Gasteiger partial charge in [0.05, 0.1) is 26.4 Å². The molecule has 0 spiro atoms. The molecule has 0 aromatic rings. The summed E-state index contributed by atoms with van der Waals surface area (Å²) >= 11 is 0. The van der Waals surface area contributed by atoms with E-state index in [1.54, 1.807) is 0 Å². The lowest BCUT2D eigenvalue weighted by Gasteiger charge is -2.21. The first-order chi connectivity index (χ1) is 42.8. The largest absolute Gasteiger partial charge is 0.472 e. The molecule has 0 amide bonds. The molecule has 0 aliphatic heterocycles. The topological polar surface area (TPSA) is 237 Å². The van der Waals surface area contributed by atoms with Crippen LogP contribution >= 0.6 is 15.6 Å². The molecule has 4 unspecified atom stereocenters. The SMILES string of the molecule is CCCCCC/C=C\C=C/CCCCCCCC(=O)OC[C@H](COP(=O)(O)OCC(O)COP(=O)(O)OC[C@@H](COC(=O)CCCCCCCCCC(C)C)OC(=O)CCCCCCCCC(C)CC)OC(=O)CCCCCCCCCCCCCC(C)C. The predicted molar refractivity (Wildman–Crippen MR) is 358 cm³/mol. The van der Waals surface area contributed by atoms with Crippen molar-refractivity contribution in [2.75, 3.05) is 39.6 Å². The first-order valence-electron chi connectivity index (χ1n) is 35.7. The van der Waals surface area contributed by atoms with E-state index in [-0.39, 0.29) is 25.7 Å². The minimum atomic E-state index is -4.96. The van der Waals surface area contributed by atoms with Gasteiger partial charge in [-0.1, -0.05) is 272 Å². The molecule has 0 fully saturated rings. The Morgan fingerprint density at radius 1 is 0.371 bits per heavy atom. The van der Waals surface area contributed by atoms with Gasteiger partial charge in [-0.2, -0.15) is 0 Å². The summed E-state index contributed by atoms with van der Waals surface area (Å²) < 4.78 is 68.2. The van der Waals surface area contributed by atoms with Gasteiger partial charge in [0.1, 0.15) is 19.3 Å². The number of hydrogen-bond acceptors (Lipinski definition) is 15. The maximum atomic E-state index is 13.0. The summed E-state index contributed by atoms with van der Waals surface area (Å²) in [5, 5.41) is 10.6. The van der Waals surface area contributed by atoms with E-state index in [4.69, 9.17) is 37.0 Å². The van der Waals surface area contributed by atoms with Gasteiger partial charge in [0.2, 0.25) is 0 Å². The Bertz CT molecular complexity index is 1840. The van der Waals surface area contributed by atoms with Crippen molar-refractivity contribution in [1.82, 2.24) is 0 Å². The van der Waals surface area contributed by atoms with Crippen molar-refractivity contribution in [1.29, 1.82) is 0 Å². The number of phosphoric acid groups is 2. The second-order valence-electron chi connectivity index (χ2n) is 25.8. The van der Waals surface area contributed by atoms with Gasteiger partial charge in [-0.3, -0.25) is 37.3 Å². The van der Waals surface area contributed by atoms with Crippen molar-refractivity contribution >= 4 is 39.5 Å².